The molecule has 2 heterocycles. The van der Waals surface area contributed by atoms with Crippen molar-refractivity contribution in [1.82, 2.24) is 4.90 Å². The van der Waals surface area contributed by atoms with Crippen LogP contribution in [0.2, 0.25) is 0 Å². The first-order valence-corrected chi connectivity index (χ1v) is 4.61. The monoisotopic (exact) mass is 139 g/mol. The molecular formula is C9H17N. The highest BCUT2D eigenvalue weighted by Crippen LogP contribution is 2.31. The van der Waals surface area contributed by atoms with Crippen LogP contribution in [0.15, 0.2) is 0 Å². The lowest BCUT2D eigenvalue weighted by Gasteiger charge is -2.28. The third-order valence-corrected chi connectivity index (χ3v) is 3.13. The zero-order chi connectivity index (χ0) is 6.97. The summed E-state index contributed by atoms with van der Waals surface area (Å²) in [6.07, 6.45) is 4.40. The minimum atomic E-state index is 1.03. The highest BCUT2D eigenvalue weighted by Gasteiger charge is 2.30. The minimum absolute atomic E-state index is 1.03. The second-order valence-corrected chi connectivity index (χ2v) is 3.92. The van der Waals surface area contributed by atoms with E-state index >= 15 is 0 Å². The maximum atomic E-state index is 2.64. The first-order valence-electron chi connectivity index (χ1n) is 4.61. The molecule has 58 valence electrons. The molecule has 3 atom stereocenters. The number of nitrogens with zero attached hydrogens (tertiary/aromatic N) is 1. The molecule has 0 radical (unpaired) electrons. The minimum Gasteiger partial charge on any atom is -0.303 e. The quantitative estimate of drug-likeness (QED) is 0.535. The molecule has 2 aliphatic rings. The van der Waals surface area contributed by atoms with Gasteiger partial charge >= 0.3 is 0 Å². The molecule has 1 nitrogen and oxygen atoms in total. The molecule has 0 aliphatic carbocycles. The van der Waals surface area contributed by atoms with Crippen molar-refractivity contribution >= 4 is 0 Å². The SMILES string of the molecule is CCC1C[C@@H]2CCN(C1)C2. The maximum absolute atomic E-state index is 2.64. The maximum Gasteiger partial charge on any atom is 0.00104 e. The molecule has 1 heteroatoms. The average Bonchev–Trinajstić information content (AvgIpc) is 2.30. The van der Waals surface area contributed by atoms with Gasteiger partial charge in [-0.15, -0.1) is 0 Å². The van der Waals surface area contributed by atoms with Gasteiger partial charge in [-0.05, 0) is 31.2 Å². The highest BCUT2D eigenvalue weighted by atomic mass is 15.2. The molecule has 0 aromatic carbocycles. The van der Waals surface area contributed by atoms with E-state index < -0.39 is 0 Å². The van der Waals surface area contributed by atoms with Crippen molar-refractivity contribution < 1.29 is 0 Å². The molecule has 2 bridgehead atoms. The van der Waals surface area contributed by atoms with Crippen LogP contribution in [-0.2, 0) is 0 Å². The Morgan fingerprint density at radius 3 is 3.00 bits per heavy atom. The van der Waals surface area contributed by atoms with Gasteiger partial charge in [-0.3, -0.25) is 0 Å². The van der Waals surface area contributed by atoms with Crippen molar-refractivity contribution in [3.8, 4) is 0 Å². The summed E-state index contributed by atoms with van der Waals surface area (Å²) in [6.45, 7) is 6.53. The van der Waals surface area contributed by atoms with E-state index in [1.807, 2.05) is 0 Å². The van der Waals surface area contributed by atoms with Crippen LogP contribution in [0, 0.1) is 11.8 Å². The Balaban J connectivity index is 1.96. The van der Waals surface area contributed by atoms with Gasteiger partial charge in [0.1, 0.15) is 0 Å². The standard InChI is InChI=1S/C9H17N/c1-2-8-5-9-3-4-10(6-8)7-9/h8-9H,2-7H2,1H3/t8?,9-/m0/s1. The molecule has 0 amide bonds. The van der Waals surface area contributed by atoms with Crippen LogP contribution < -0.4 is 0 Å². The van der Waals surface area contributed by atoms with Crippen LogP contribution in [0.3, 0.4) is 0 Å². The van der Waals surface area contributed by atoms with Crippen LogP contribution >= 0.6 is 0 Å². The first-order chi connectivity index (χ1) is 4.88. The fraction of sp³-hybridized carbons (Fsp3) is 1.00. The molecule has 10 heavy (non-hydrogen) atoms. The van der Waals surface area contributed by atoms with Gasteiger partial charge in [0.25, 0.3) is 0 Å². The molecule has 0 spiro atoms. The smallest absolute Gasteiger partial charge is 0.00104 e. The van der Waals surface area contributed by atoms with Crippen molar-refractivity contribution in [3.05, 3.63) is 0 Å². The summed E-state index contributed by atoms with van der Waals surface area (Å²) in [7, 11) is 0. The molecule has 0 N–H and O–H groups in total. The van der Waals surface area contributed by atoms with Crippen molar-refractivity contribution in [2.75, 3.05) is 19.6 Å². The van der Waals surface area contributed by atoms with Crippen molar-refractivity contribution in [3.63, 3.8) is 0 Å². The van der Waals surface area contributed by atoms with E-state index in [1.165, 1.54) is 38.9 Å². The molecular weight excluding hydrogens is 122 g/mol. The summed E-state index contributed by atoms with van der Waals surface area (Å²) in [4.78, 5) is 2.64. The van der Waals surface area contributed by atoms with Gasteiger partial charge in [0.2, 0.25) is 0 Å². The van der Waals surface area contributed by atoms with Crippen molar-refractivity contribution in [2.24, 2.45) is 11.8 Å². The fourth-order valence-corrected chi connectivity index (χ4v) is 2.48. The van der Waals surface area contributed by atoms with Gasteiger partial charge in [-0.2, -0.15) is 0 Å². The zero-order valence-electron chi connectivity index (χ0n) is 6.84. The van der Waals surface area contributed by atoms with Gasteiger partial charge < -0.3 is 4.90 Å². The Kier molecular flexibility index (Phi) is 1.69. The molecule has 2 aliphatic heterocycles. The van der Waals surface area contributed by atoms with Crippen molar-refractivity contribution in [2.45, 2.75) is 26.2 Å². The van der Waals surface area contributed by atoms with Crippen LogP contribution in [-0.4, -0.2) is 24.5 Å². The second kappa shape index (κ2) is 2.54. The third kappa shape index (κ3) is 1.07. The molecule has 2 rings (SSSR count). The Hall–Kier alpha value is -0.0400. The van der Waals surface area contributed by atoms with Gasteiger partial charge in [-0.25, -0.2) is 0 Å². The Labute approximate surface area is 63.4 Å². The summed E-state index contributed by atoms with van der Waals surface area (Å²) in [6, 6.07) is 0. The van der Waals surface area contributed by atoms with Gasteiger partial charge in [0, 0.05) is 13.1 Å². The molecule has 2 unspecified atom stereocenters. The third-order valence-electron chi connectivity index (χ3n) is 3.13. The largest absolute Gasteiger partial charge is 0.303 e. The Bertz CT molecular complexity index is 110. The average molecular weight is 139 g/mol. The van der Waals surface area contributed by atoms with Crippen LogP contribution in [0.1, 0.15) is 26.2 Å². The van der Waals surface area contributed by atoms with E-state index in [-0.39, 0.29) is 0 Å². The molecule has 0 saturated carbocycles. The number of fused-ring (bicyclic) bond motifs is 2. The van der Waals surface area contributed by atoms with E-state index in [4.69, 9.17) is 0 Å². The van der Waals surface area contributed by atoms with Crippen LogP contribution in [0.25, 0.3) is 0 Å². The number of piperidine rings is 1. The molecule has 2 saturated heterocycles. The Morgan fingerprint density at radius 2 is 2.30 bits per heavy atom. The Morgan fingerprint density at radius 1 is 1.40 bits per heavy atom. The predicted octanol–water partition coefficient (Wildman–Crippen LogP) is 1.74. The molecule has 0 aromatic heterocycles. The van der Waals surface area contributed by atoms with E-state index in [0.717, 1.165) is 11.8 Å². The van der Waals surface area contributed by atoms with E-state index in [2.05, 4.69) is 11.8 Å². The van der Waals surface area contributed by atoms with E-state index in [9.17, 15) is 0 Å². The normalized spacial score (nSPS) is 45.9. The first kappa shape index (κ1) is 6.66. The fourth-order valence-electron chi connectivity index (χ4n) is 2.48. The van der Waals surface area contributed by atoms with Gasteiger partial charge in [0.15, 0.2) is 0 Å². The topological polar surface area (TPSA) is 3.24 Å². The van der Waals surface area contributed by atoms with Gasteiger partial charge in [-0.1, -0.05) is 13.3 Å². The summed E-state index contributed by atoms with van der Waals surface area (Å²) >= 11 is 0. The van der Waals surface area contributed by atoms with E-state index in [0.29, 0.717) is 0 Å². The lowest BCUT2D eigenvalue weighted by Crippen LogP contribution is -2.32. The molecule has 2 fully saturated rings. The second-order valence-electron chi connectivity index (χ2n) is 3.92. The summed E-state index contributed by atoms with van der Waals surface area (Å²) < 4.78 is 0. The highest BCUT2D eigenvalue weighted by molar-refractivity contribution is 4.84. The number of rotatable bonds is 1. The van der Waals surface area contributed by atoms with Crippen LogP contribution in [0.5, 0.6) is 0 Å². The summed E-state index contributed by atoms with van der Waals surface area (Å²) in [5.74, 6) is 2.10. The van der Waals surface area contributed by atoms with Crippen LogP contribution in [0.4, 0.5) is 0 Å². The number of hydrogen-bond donors (Lipinski definition) is 0. The lowest BCUT2D eigenvalue weighted by molar-refractivity contribution is 0.198. The number of hydrogen-bond acceptors (Lipinski definition) is 1. The predicted molar refractivity (Wildman–Crippen MR) is 42.9 cm³/mol. The summed E-state index contributed by atoms with van der Waals surface area (Å²) in [5, 5.41) is 0. The summed E-state index contributed by atoms with van der Waals surface area (Å²) in [5.41, 5.74) is 0. The zero-order valence-corrected chi connectivity index (χ0v) is 6.84. The van der Waals surface area contributed by atoms with Crippen molar-refractivity contribution in [1.29, 1.82) is 0 Å². The lowest BCUT2D eigenvalue weighted by atomic mass is 9.90. The molecule has 0 aromatic rings. The van der Waals surface area contributed by atoms with Gasteiger partial charge in [0.05, 0.1) is 0 Å². The van der Waals surface area contributed by atoms with E-state index in [1.54, 1.807) is 0 Å².